The standard InChI is InChI=1S/C19H33NO2/c1-14-16-12-15(19(16,2)3)13-17(14)22-18(21)8-7-11-20-9-5-4-6-10-20/h14-17H,4-13H2,1-3H3/t14-,15+,16-,17-/m1/s1. The molecule has 0 aromatic heterocycles. The number of carbonyl (C=O) groups is 1. The van der Waals surface area contributed by atoms with Crippen molar-refractivity contribution < 1.29 is 9.53 Å². The molecule has 4 fully saturated rings. The van der Waals surface area contributed by atoms with Crippen molar-refractivity contribution in [3.8, 4) is 0 Å². The van der Waals surface area contributed by atoms with E-state index >= 15 is 0 Å². The summed E-state index contributed by atoms with van der Waals surface area (Å²) < 4.78 is 5.83. The van der Waals surface area contributed by atoms with E-state index in [1.54, 1.807) is 0 Å². The van der Waals surface area contributed by atoms with Crippen molar-refractivity contribution in [1.82, 2.24) is 4.90 Å². The zero-order valence-electron chi connectivity index (χ0n) is 14.6. The van der Waals surface area contributed by atoms with Gasteiger partial charge in [-0.3, -0.25) is 4.79 Å². The maximum absolute atomic E-state index is 12.1. The van der Waals surface area contributed by atoms with E-state index in [0.717, 1.165) is 31.2 Å². The largest absolute Gasteiger partial charge is 0.462 e. The number of piperidine rings is 1. The Hall–Kier alpha value is -0.570. The maximum atomic E-state index is 12.1. The molecule has 4 rings (SSSR count). The average molecular weight is 307 g/mol. The predicted molar refractivity (Wildman–Crippen MR) is 88.6 cm³/mol. The zero-order valence-corrected chi connectivity index (χ0v) is 14.6. The molecule has 1 aliphatic heterocycles. The highest BCUT2D eigenvalue weighted by molar-refractivity contribution is 5.69. The first-order valence-corrected chi connectivity index (χ1v) is 9.40. The number of esters is 1. The number of fused-ring (bicyclic) bond motifs is 2. The molecule has 1 heterocycles. The third kappa shape index (κ3) is 3.20. The van der Waals surface area contributed by atoms with Crippen LogP contribution in [0.25, 0.3) is 0 Å². The van der Waals surface area contributed by atoms with E-state index in [9.17, 15) is 4.79 Å². The van der Waals surface area contributed by atoms with Crippen molar-refractivity contribution in [3.05, 3.63) is 0 Å². The smallest absolute Gasteiger partial charge is 0.306 e. The predicted octanol–water partition coefficient (Wildman–Crippen LogP) is 3.87. The second-order valence-corrected chi connectivity index (χ2v) is 8.49. The van der Waals surface area contributed by atoms with Gasteiger partial charge < -0.3 is 9.64 Å². The molecule has 0 aromatic rings. The molecule has 3 aliphatic carbocycles. The van der Waals surface area contributed by atoms with Gasteiger partial charge in [-0.1, -0.05) is 27.2 Å². The Morgan fingerprint density at radius 2 is 1.91 bits per heavy atom. The minimum Gasteiger partial charge on any atom is -0.462 e. The van der Waals surface area contributed by atoms with Crippen molar-refractivity contribution in [3.63, 3.8) is 0 Å². The van der Waals surface area contributed by atoms with Gasteiger partial charge in [0.1, 0.15) is 6.10 Å². The first kappa shape index (κ1) is 16.3. The summed E-state index contributed by atoms with van der Waals surface area (Å²) in [5.41, 5.74) is 0.469. The fourth-order valence-corrected chi connectivity index (χ4v) is 5.12. The van der Waals surface area contributed by atoms with E-state index in [0.29, 0.717) is 17.8 Å². The van der Waals surface area contributed by atoms with Crippen LogP contribution < -0.4 is 0 Å². The van der Waals surface area contributed by atoms with Gasteiger partial charge in [-0.05, 0) is 74.9 Å². The Balaban J connectivity index is 1.37. The molecule has 0 aromatic carbocycles. The van der Waals surface area contributed by atoms with Crippen molar-refractivity contribution in [2.24, 2.45) is 23.2 Å². The number of likely N-dealkylation sites (tertiary alicyclic amines) is 1. The van der Waals surface area contributed by atoms with Crippen LogP contribution in [0.3, 0.4) is 0 Å². The molecule has 2 bridgehead atoms. The molecule has 3 saturated carbocycles. The molecule has 0 radical (unpaired) electrons. The monoisotopic (exact) mass is 307 g/mol. The van der Waals surface area contributed by atoms with Gasteiger partial charge >= 0.3 is 5.97 Å². The van der Waals surface area contributed by atoms with Gasteiger partial charge in [0, 0.05) is 6.42 Å². The van der Waals surface area contributed by atoms with Crippen LogP contribution in [-0.4, -0.2) is 36.6 Å². The Kier molecular flexibility index (Phi) is 4.82. The maximum Gasteiger partial charge on any atom is 0.306 e. The van der Waals surface area contributed by atoms with E-state index in [1.165, 1.54) is 38.8 Å². The molecule has 4 aliphatic rings. The fraction of sp³-hybridized carbons (Fsp3) is 0.947. The molecule has 0 N–H and O–H groups in total. The van der Waals surface area contributed by atoms with Gasteiger partial charge in [-0.25, -0.2) is 0 Å². The Labute approximate surface area is 135 Å². The molecular weight excluding hydrogens is 274 g/mol. The van der Waals surface area contributed by atoms with E-state index in [2.05, 4.69) is 25.7 Å². The van der Waals surface area contributed by atoms with E-state index in [1.807, 2.05) is 0 Å². The number of carbonyl (C=O) groups excluding carboxylic acids is 1. The lowest BCUT2D eigenvalue weighted by Gasteiger charge is -2.61. The van der Waals surface area contributed by atoms with Crippen molar-refractivity contribution in [1.29, 1.82) is 0 Å². The van der Waals surface area contributed by atoms with Crippen LogP contribution in [0, 0.1) is 23.2 Å². The van der Waals surface area contributed by atoms with Gasteiger partial charge in [-0.2, -0.15) is 0 Å². The fourth-order valence-electron chi connectivity index (χ4n) is 5.12. The van der Waals surface area contributed by atoms with Crippen molar-refractivity contribution in [2.45, 2.75) is 71.8 Å². The molecule has 3 heteroatoms. The van der Waals surface area contributed by atoms with Crippen LogP contribution in [0.15, 0.2) is 0 Å². The van der Waals surface area contributed by atoms with Gasteiger partial charge in [0.2, 0.25) is 0 Å². The van der Waals surface area contributed by atoms with Gasteiger partial charge in [0.25, 0.3) is 0 Å². The SMILES string of the molecule is C[C@@H]1[C@H]2C[C@@H](C[C@H]1OC(=O)CCCN1CCCCC1)C2(C)C. The number of ether oxygens (including phenoxy) is 1. The number of rotatable bonds is 5. The first-order chi connectivity index (χ1) is 10.5. The molecule has 126 valence electrons. The van der Waals surface area contributed by atoms with Gasteiger partial charge in [0.05, 0.1) is 0 Å². The van der Waals surface area contributed by atoms with E-state index in [4.69, 9.17) is 4.74 Å². The normalized spacial score (nSPS) is 37.4. The average Bonchev–Trinajstić information content (AvgIpc) is 2.49. The molecule has 1 saturated heterocycles. The molecular formula is C19H33NO2. The van der Waals surface area contributed by atoms with Crippen LogP contribution >= 0.6 is 0 Å². The topological polar surface area (TPSA) is 29.5 Å². The number of hydrogen-bond acceptors (Lipinski definition) is 3. The number of hydrogen-bond donors (Lipinski definition) is 0. The molecule has 3 nitrogen and oxygen atoms in total. The third-order valence-corrected chi connectivity index (χ3v) is 6.87. The lowest BCUT2D eigenvalue weighted by Crippen LogP contribution is -2.57. The lowest BCUT2D eigenvalue weighted by atomic mass is 9.45. The second kappa shape index (κ2) is 6.51. The van der Waals surface area contributed by atoms with Crippen molar-refractivity contribution in [2.75, 3.05) is 19.6 Å². The Morgan fingerprint density at radius 1 is 1.18 bits per heavy atom. The third-order valence-electron chi connectivity index (χ3n) is 6.87. The second-order valence-electron chi connectivity index (χ2n) is 8.49. The number of nitrogens with zero attached hydrogens (tertiary/aromatic N) is 1. The van der Waals surface area contributed by atoms with Crippen LogP contribution in [-0.2, 0) is 9.53 Å². The summed E-state index contributed by atoms with van der Waals surface area (Å²) in [6.07, 6.45) is 8.18. The van der Waals surface area contributed by atoms with Gasteiger partial charge in [0.15, 0.2) is 0 Å². The lowest BCUT2D eigenvalue weighted by molar-refractivity contribution is -0.186. The Bertz CT molecular complexity index is 400. The summed E-state index contributed by atoms with van der Waals surface area (Å²) in [6, 6.07) is 0. The van der Waals surface area contributed by atoms with Crippen LogP contribution in [0.2, 0.25) is 0 Å². The summed E-state index contributed by atoms with van der Waals surface area (Å²) in [5, 5.41) is 0. The zero-order chi connectivity index (χ0) is 15.7. The van der Waals surface area contributed by atoms with Crippen LogP contribution in [0.1, 0.15) is 65.7 Å². The quantitative estimate of drug-likeness (QED) is 0.722. The highest BCUT2D eigenvalue weighted by atomic mass is 16.5. The Morgan fingerprint density at radius 3 is 2.55 bits per heavy atom. The van der Waals surface area contributed by atoms with Gasteiger partial charge in [-0.15, -0.1) is 0 Å². The van der Waals surface area contributed by atoms with Crippen molar-refractivity contribution >= 4 is 5.97 Å². The van der Waals surface area contributed by atoms with Crippen LogP contribution in [0.5, 0.6) is 0 Å². The summed E-state index contributed by atoms with van der Waals surface area (Å²) in [5.74, 6) is 2.08. The van der Waals surface area contributed by atoms with Crippen LogP contribution in [0.4, 0.5) is 0 Å². The molecule has 0 spiro atoms. The molecule has 4 atom stereocenters. The first-order valence-electron chi connectivity index (χ1n) is 9.40. The molecule has 0 amide bonds. The summed E-state index contributed by atoms with van der Waals surface area (Å²) >= 11 is 0. The summed E-state index contributed by atoms with van der Waals surface area (Å²) in [6.45, 7) is 10.6. The van der Waals surface area contributed by atoms with E-state index in [-0.39, 0.29) is 12.1 Å². The minimum absolute atomic E-state index is 0.0352. The highest BCUT2D eigenvalue weighted by Gasteiger charge is 2.57. The minimum atomic E-state index is 0.0352. The summed E-state index contributed by atoms with van der Waals surface area (Å²) in [7, 11) is 0. The molecule has 22 heavy (non-hydrogen) atoms. The summed E-state index contributed by atoms with van der Waals surface area (Å²) in [4.78, 5) is 14.6. The van der Waals surface area contributed by atoms with E-state index < -0.39 is 0 Å². The highest BCUT2D eigenvalue weighted by Crippen LogP contribution is 2.61. The molecule has 0 unspecified atom stereocenters.